The zero-order valence-corrected chi connectivity index (χ0v) is 18.9. The molecule has 0 aromatic heterocycles. The second-order valence-corrected chi connectivity index (χ2v) is 8.41. The third-order valence-corrected chi connectivity index (χ3v) is 5.91. The summed E-state index contributed by atoms with van der Waals surface area (Å²) in [4.78, 5) is 26.9. The van der Waals surface area contributed by atoms with E-state index in [2.05, 4.69) is 45.9 Å². The number of morpholine rings is 1. The molecule has 1 fully saturated rings. The number of fused-ring (bicyclic) bond motifs is 1. The summed E-state index contributed by atoms with van der Waals surface area (Å²) >= 11 is 0. The molecule has 1 heterocycles. The minimum absolute atomic E-state index is 0.00179. The first-order chi connectivity index (χ1) is 16.2. The van der Waals surface area contributed by atoms with Gasteiger partial charge in [-0.15, -0.1) is 0 Å². The van der Waals surface area contributed by atoms with Gasteiger partial charge in [-0.3, -0.25) is 14.5 Å². The first-order valence-electron chi connectivity index (χ1n) is 11.6. The number of hydrogen-bond donors (Lipinski definition) is 2. The highest BCUT2D eigenvalue weighted by molar-refractivity contribution is 5.91. The van der Waals surface area contributed by atoms with Crippen molar-refractivity contribution in [2.75, 3.05) is 38.2 Å². The quantitative estimate of drug-likeness (QED) is 0.526. The number of carbonyl (C=O) groups is 2. The van der Waals surface area contributed by atoms with Crippen LogP contribution in [0.5, 0.6) is 0 Å². The molecule has 3 aromatic carbocycles. The van der Waals surface area contributed by atoms with Crippen LogP contribution in [0.2, 0.25) is 0 Å². The Kier molecular flexibility index (Phi) is 8.06. The predicted molar refractivity (Wildman–Crippen MR) is 131 cm³/mol. The van der Waals surface area contributed by atoms with E-state index in [1.807, 2.05) is 36.4 Å². The van der Waals surface area contributed by atoms with E-state index in [1.54, 1.807) is 0 Å². The summed E-state index contributed by atoms with van der Waals surface area (Å²) in [5.41, 5.74) is 2.87. The van der Waals surface area contributed by atoms with Gasteiger partial charge in [0.2, 0.25) is 11.8 Å². The van der Waals surface area contributed by atoms with Gasteiger partial charge in [0.05, 0.1) is 13.2 Å². The zero-order chi connectivity index (χ0) is 22.9. The molecule has 3 aromatic rings. The lowest BCUT2D eigenvalue weighted by Gasteiger charge is -2.26. The highest BCUT2D eigenvalue weighted by Gasteiger charge is 2.12. The average Bonchev–Trinajstić information content (AvgIpc) is 2.86. The number of carbonyl (C=O) groups excluding carboxylic acids is 2. The van der Waals surface area contributed by atoms with Crippen molar-refractivity contribution < 1.29 is 14.3 Å². The maximum atomic E-state index is 12.4. The Morgan fingerprint density at radius 3 is 2.48 bits per heavy atom. The molecule has 0 atom stereocenters. The molecule has 0 saturated carbocycles. The summed E-state index contributed by atoms with van der Waals surface area (Å²) in [5.74, 6) is 0.0150. The fourth-order valence-electron chi connectivity index (χ4n) is 4.01. The summed E-state index contributed by atoms with van der Waals surface area (Å²) in [6.45, 7) is 4.40. The van der Waals surface area contributed by atoms with Gasteiger partial charge >= 0.3 is 0 Å². The molecule has 172 valence electrons. The summed E-state index contributed by atoms with van der Waals surface area (Å²) in [6.07, 6.45) is 1.60. The Morgan fingerprint density at radius 2 is 1.64 bits per heavy atom. The highest BCUT2D eigenvalue weighted by Crippen LogP contribution is 2.17. The zero-order valence-electron chi connectivity index (χ0n) is 18.9. The summed E-state index contributed by atoms with van der Waals surface area (Å²) < 4.78 is 5.34. The van der Waals surface area contributed by atoms with E-state index >= 15 is 0 Å². The minimum atomic E-state index is -0.00179. The van der Waals surface area contributed by atoms with Gasteiger partial charge in [-0.2, -0.15) is 0 Å². The molecular formula is C27H31N3O3. The maximum absolute atomic E-state index is 12.4. The number of benzene rings is 3. The van der Waals surface area contributed by atoms with Crippen LogP contribution in [0.4, 0.5) is 5.69 Å². The number of ether oxygens (including phenoxy) is 1. The van der Waals surface area contributed by atoms with Gasteiger partial charge in [-0.25, -0.2) is 0 Å². The van der Waals surface area contributed by atoms with Crippen LogP contribution in [0, 0.1) is 0 Å². The van der Waals surface area contributed by atoms with Crippen molar-refractivity contribution in [3.8, 4) is 0 Å². The van der Waals surface area contributed by atoms with Crippen LogP contribution in [0.15, 0.2) is 66.7 Å². The highest BCUT2D eigenvalue weighted by atomic mass is 16.5. The third-order valence-electron chi connectivity index (χ3n) is 5.91. The molecule has 0 bridgehead atoms. The SMILES string of the molecule is O=C(CCc1ccc2ccccc2c1)NCc1cccc(NC(=O)CCN2CCOCC2)c1. The van der Waals surface area contributed by atoms with E-state index in [9.17, 15) is 9.59 Å². The summed E-state index contributed by atoms with van der Waals surface area (Å²) in [5, 5.41) is 8.35. The van der Waals surface area contributed by atoms with Gasteiger partial charge in [0.1, 0.15) is 0 Å². The molecule has 0 unspecified atom stereocenters. The number of amides is 2. The van der Waals surface area contributed by atoms with Crippen molar-refractivity contribution in [1.82, 2.24) is 10.2 Å². The molecule has 1 aliphatic heterocycles. The molecule has 1 saturated heterocycles. The van der Waals surface area contributed by atoms with Crippen LogP contribution in [-0.2, 0) is 27.3 Å². The number of hydrogen-bond acceptors (Lipinski definition) is 4. The summed E-state index contributed by atoms with van der Waals surface area (Å²) in [6, 6.07) is 22.2. The van der Waals surface area contributed by atoms with Crippen LogP contribution in [-0.4, -0.2) is 49.6 Å². The van der Waals surface area contributed by atoms with Gasteiger partial charge in [0.15, 0.2) is 0 Å². The number of anilines is 1. The Bertz CT molecular complexity index is 1090. The van der Waals surface area contributed by atoms with E-state index in [-0.39, 0.29) is 11.8 Å². The third kappa shape index (κ3) is 7.14. The fourth-order valence-corrected chi connectivity index (χ4v) is 4.01. The molecule has 2 N–H and O–H groups in total. The lowest BCUT2D eigenvalue weighted by atomic mass is 10.0. The number of rotatable bonds is 9. The maximum Gasteiger partial charge on any atom is 0.225 e. The predicted octanol–water partition coefficient (Wildman–Crippen LogP) is 3.75. The first-order valence-corrected chi connectivity index (χ1v) is 11.6. The molecular weight excluding hydrogens is 414 g/mol. The van der Waals surface area contributed by atoms with Crippen LogP contribution in [0.1, 0.15) is 24.0 Å². The molecule has 6 heteroatoms. The van der Waals surface area contributed by atoms with Gasteiger partial charge in [-0.05, 0) is 40.5 Å². The minimum Gasteiger partial charge on any atom is -0.379 e. The number of nitrogens with one attached hydrogen (secondary N) is 2. The number of nitrogens with zero attached hydrogens (tertiary/aromatic N) is 1. The Balaban J connectivity index is 1.20. The second-order valence-electron chi connectivity index (χ2n) is 8.41. The van der Waals surface area contributed by atoms with E-state index < -0.39 is 0 Å². The van der Waals surface area contributed by atoms with Gasteiger partial charge in [0, 0.05) is 44.7 Å². The van der Waals surface area contributed by atoms with Crippen LogP contribution >= 0.6 is 0 Å². The molecule has 33 heavy (non-hydrogen) atoms. The smallest absolute Gasteiger partial charge is 0.225 e. The molecule has 0 spiro atoms. The molecule has 0 aliphatic carbocycles. The Morgan fingerprint density at radius 1 is 0.818 bits per heavy atom. The van der Waals surface area contributed by atoms with Gasteiger partial charge in [-0.1, -0.05) is 54.6 Å². The average molecular weight is 446 g/mol. The Labute approximate surface area is 194 Å². The lowest BCUT2D eigenvalue weighted by Crippen LogP contribution is -2.38. The standard InChI is InChI=1S/C27H31N3O3/c31-26(11-9-21-8-10-23-5-1-2-6-24(23)18-21)28-20-22-4-3-7-25(19-22)29-27(32)12-13-30-14-16-33-17-15-30/h1-8,10,18-19H,9,11-17,20H2,(H,28,31)(H,29,32). The van der Waals surface area contributed by atoms with Gasteiger partial charge < -0.3 is 15.4 Å². The molecule has 0 radical (unpaired) electrons. The van der Waals surface area contributed by atoms with Crippen molar-refractivity contribution >= 4 is 28.3 Å². The van der Waals surface area contributed by atoms with Crippen molar-refractivity contribution in [3.63, 3.8) is 0 Å². The van der Waals surface area contributed by atoms with Crippen molar-refractivity contribution in [2.45, 2.75) is 25.8 Å². The van der Waals surface area contributed by atoms with E-state index in [0.29, 0.717) is 25.8 Å². The lowest BCUT2D eigenvalue weighted by molar-refractivity contribution is -0.121. The van der Waals surface area contributed by atoms with E-state index in [4.69, 9.17) is 4.74 Å². The second kappa shape index (κ2) is 11.6. The Hall–Kier alpha value is -3.22. The molecule has 1 aliphatic rings. The topological polar surface area (TPSA) is 70.7 Å². The van der Waals surface area contributed by atoms with Crippen molar-refractivity contribution in [3.05, 3.63) is 77.9 Å². The van der Waals surface area contributed by atoms with E-state index in [1.165, 1.54) is 10.8 Å². The van der Waals surface area contributed by atoms with Crippen molar-refractivity contribution in [2.24, 2.45) is 0 Å². The van der Waals surface area contributed by atoms with Crippen LogP contribution in [0.3, 0.4) is 0 Å². The molecule has 6 nitrogen and oxygen atoms in total. The van der Waals surface area contributed by atoms with Crippen molar-refractivity contribution in [1.29, 1.82) is 0 Å². The van der Waals surface area contributed by atoms with Gasteiger partial charge in [0.25, 0.3) is 0 Å². The fraction of sp³-hybridized carbons (Fsp3) is 0.333. The molecule has 4 rings (SSSR count). The normalized spacial score (nSPS) is 14.2. The van der Waals surface area contributed by atoms with E-state index in [0.717, 1.165) is 49.7 Å². The largest absolute Gasteiger partial charge is 0.379 e. The first kappa shape index (κ1) is 23.0. The van der Waals surface area contributed by atoms with Crippen LogP contribution in [0.25, 0.3) is 10.8 Å². The summed E-state index contributed by atoms with van der Waals surface area (Å²) in [7, 11) is 0. The van der Waals surface area contributed by atoms with Crippen LogP contribution < -0.4 is 10.6 Å². The molecule has 2 amide bonds. The number of aryl methyl sites for hydroxylation is 1. The monoisotopic (exact) mass is 445 g/mol.